The number of aliphatic hydroxyl groups excluding tert-OH is 1. The van der Waals surface area contributed by atoms with Crippen LogP contribution in [0.15, 0.2) is 53.4 Å². The number of fused-ring (bicyclic) bond motifs is 1. The molecule has 37 heavy (non-hydrogen) atoms. The van der Waals surface area contributed by atoms with E-state index in [2.05, 4.69) is 5.32 Å². The fraction of sp³-hybridized carbons (Fsp3) is 0.519. The minimum Gasteiger partial charge on any atom is -0.454 e. The summed E-state index contributed by atoms with van der Waals surface area (Å²) < 4.78 is 39.2. The molecule has 1 heterocycles. The minimum atomic E-state index is -3.98. The highest BCUT2D eigenvalue weighted by molar-refractivity contribution is 7.89. The van der Waals surface area contributed by atoms with E-state index in [9.17, 15) is 18.3 Å². The second-order valence-electron chi connectivity index (χ2n) is 10.0. The van der Waals surface area contributed by atoms with E-state index in [1.807, 2.05) is 58.0 Å². The summed E-state index contributed by atoms with van der Waals surface area (Å²) in [6.07, 6.45) is -0.132. The number of rotatable bonds is 13. The van der Waals surface area contributed by atoms with Crippen LogP contribution >= 0.6 is 0 Å². The standard InChI is InChI=1S/C27H39N3O6S/c1-5-19(4)26(28)27(32)29-22(13-20-9-7-6-8-10-20)23(31)16-30(15-18(2)3)37(33,34)21-11-12-24-25(14-21)36-17-35-24/h6-12,14,18-19,22-23,26,31H,5,13,15-17,28H2,1-4H3,(H,29,32)/t19?,22-,23+,26-/m0/s1. The minimum absolute atomic E-state index is 0.00280. The van der Waals surface area contributed by atoms with Crippen molar-refractivity contribution in [1.82, 2.24) is 9.62 Å². The first-order valence-corrected chi connectivity index (χ1v) is 14.1. The van der Waals surface area contributed by atoms with Crippen molar-refractivity contribution in [3.05, 3.63) is 54.1 Å². The number of nitrogens with zero attached hydrogens (tertiary/aromatic N) is 1. The average Bonchev–Trinajstić information content (AvgIpc) is 3.35. The van der Waals surface area contributed by atoms with Gasteiger partial charge in [0, 0.05) is 19.2 Å². The summed E-state index contributed by atoms with van der Waals surface area (Å²) in [4.78, 5) is 13.0. The van der Waals surface area contributed by atoms with Crippen molar-refractivity contribution in [2.24, 2.45) is 17.6 Å². The molecule has 1 unspecified atom stereocenters. The highest BCUT2D eigenvalue weighted by Crippen LogP contribution is 2.34. The molecule has 9 nitrogen and oxygen atoms in total. The van der Waals surface area contributed by atoms with Gasteiger partial charge in [0.25, 0.3) is 0 Å². The molecule has 1 aliphatic heterocycles. The summed E-state index contributed by atoms with van der Waals surface area (Å²) in [6, 6.07) is 12.4. The summed E-state index contributed by atoms with van der Waals surface area (Å²) in [5.74, 6) is 0.427. The van der Waals surface area contributed by atoms with Crippen LogP contribution in [0.1, 0.15) is 39.7 Å². The topological polar surface area (TPSA) is 131 Å². The van der Waals surface area contributed by atoms with Crippen molar-refractivity contribution in [1.29, 1.82) is 0 Å². The van der Waals surface area contributed by atoms with Gasteiger partial charge < -0.3 is 25.6 Å². The van der Waals surface area contributed by atoms with E-state index >= 15 is 0 Å². The normalized spacial score (nSPS) is 16.4. The van der Waals surface area contributed by atoms with Gasteiger partial charge in [-0.2, -0.15) is 4.31 Å². The number of hydrogen-bond donors (Lipinski definition) is 3. The molecule has 0 fully saturated rings. The fourth-order valence-corrected chi connectivity index (χ4v) is 5.78. The number of amides is 1. The third-order valence-corrected chi connectivity index (χ3v) is 8.42. The van der Waals surface area contributed by atoms with Crippen LogP contribution in [-0.4, -0.2) is 61.8 Å². The average molecular weight is 534 g/mol. The van der Waals surface area contributed by atoms with Crippen molar-refractivity contribution in [2.45, 2.75) is 63.6 Å². The number of sulfonamides is 1. The second kappa shape index (κ2) is 12.7. The Hall–Kier alpha value is -2.66. The van der Waals surface area contributed by atoms with Crippen LogP contribution in [0.4, 0.5) is 0 Å². The summed E-state index contributed by atoms with van der Waals surface area (Å²) in [6.45, 7) is 7.68. The largest absolute Gasteiger partial charge is 0.454 e. The number of nitrogens with one attached hydrogen (secondary N) is 1. The molecule has 0 radical (unpaired) electrons. The van der Waals surface area contributed by atoms with Gasteiger partial charge in [-0.3, -0.25) is 4.79 Å². The van der Waals surface area contributed by atoms with Crippen LogP contribution < -0.4 is 20.5 Å². The molecule has 4 N–H and O–H groups in total. The van der Waals surface area contributed by atoms with E-state index in [1.165, 1.54) is 16.4 Å². The predicted molar refractivity (Wildman–Crippen MR) is 142 cm³/mol. The Labute approximate surface area is 220 Å². The van der Waals surface area contributed by atoms with Crippen LogP contribution in [-0.2, 0) is 21.2 Å². The molecule has 1 amide bonds. The zero-order chi connectivity index (χ0) is 27.2. The number of ether oxygens (including phenoxy) is 2. The van der Waals surface area contributed by atoms with Gasteiger partial charge in [0.15, 0.2) is 11.5 Å². The first kappa shape index (κ1) is 28.9. The number of carbonyl (C=O) groups is 1. The predicted octanol–water partition coefficient (Wildman–Crippen LogP) is 2.52. The molecule has 0 saturated carbocycles. The molecular weight excluding hydrogens is 494 g/mol. The van der Waals surface area contributed by atoms with E-state index in [-0.39, 0.29) is 42.5 Å². The van der Waals surface area contributed by atoms with Gasteiger partial charge in [-0.1, -0.05) is 64.4 Å². The summed E-state index contributed by atoms with van der Waals surface area (Å²) in [5.41, 5.74) is 7.05. The monoisotopic (exact) mass is 533 g/mol. The lowest BCUT2D eigenvalue weighted by molar-refractivity contribution is -0.125. The van der Waals surface area contributed by atoms with Crippen LogP contribution in [0.2, 0.25) is 0 Å². The van der Waals surface area contributed by atoms with Gasteiger partial charge in [0.05, 0.1) is 23.1 Å². The Balaban J connectivity index is 1.86. The van der Waals surface area contributed by atoms with E-state index in [0.717, 1.165) is 12.0 Å². The third kappa shape index (κ3) is 7.44. The second-order valence-corrected chi connectivity index (χ2v) is 12.0. The Bertz CT molecular complexity index is 1140. The first-order valence-electron chi connectivity index (χ1n) is 12.7. The molecule has 0 saturated heterocycles. The van der Waals surface area contributed by atoms with Gasteiger partial charge in [-0.05, 0) is 36.0 Å². The molecule has 0 aromatic heterocycles. The summed E-state index contributed by atoms with van der Waals surface area (Å²) >= 11 is 0. The van der Waals surface area contributed by atoms with E-state index in [4.69, 9.17) is 15.2 Å². The Kier molecular flexibility index (Phi) is 9.94. The smallest absolute Gasteiger partial charge is 0.243 e. The van der Waals surface area contributed by atoms with Crippen LogP contribution in [0.25, 0.3) is 0 Å². The van der Waals surface area contributed by atoms with Gasteiger partial charge in [0.1, 0.15) is 0 Å². The van der Waals surface area contributed by atoms with Crippen molar-refractivity contribution in [2.75, 3.05) is 19.9 Å². The van der Waals surface area contributed by atoms with E-state index in [0.29, 0.717) is 17.9 Å². The van der Waals surface area contributed by atoms with Crippen molar-refractivity contribution in [3.63, 3.8) is 0 Å². The molecule has 0 spiro atoms. The Morgan fingerprint density at radius 2 is 1.76 bits per heavy atom. The number of hydrogen-bond acceptors (Lipinski definition) is 7. The molecular formula is C27H39N3O6S. The van der Waals surface area contributed by atoms with Gasteiger partial charge >= 0.3 is 0 Å². The number of benzene rings is 2. The van der Waals surface area contributed by atoms with Crippen molar-refractivity contribution < 1.29 is 27.8 Å². The molecule has 204 valence electrons. The third-order valence-electron chi connectivity index (χ3n) is 6.59. The number of carbonyl (C=O) groups excluding carboxylic acids is 1. The molecule has 0 aliphatic carbocycles. The molecule has 2 aromatic rings. The lowest BCUT2D eigenvalue weighted by atomic mass is 9.97. The molecule has 2 aromatic carbocycles. The Morgan fingerprint density at radius 1 is 1.08 bits per heavy atom. The molecule has 0 bridgehead atoms. The molecule has 4 atom stereocenters. The highest BCUT2D eigenvalue weighted by atomic mass is 32.2. The van der Waals surface area contributed by atoms with Crippen LogP contribution in [0.3, 0.4) is 0 Å². The lowest BCUT2D eigenvalue weighted by Crippen LogP contribution is -2.55. The van der Waals surface area contributed by atoms with Gasteiger partial charge in [-0.25, -0.2) is 8.42 Å². The SMILES string of the molecule is CCC(C)[C@H](N)C(=O)N[C@@H](Cc1ccccc1)[C@H](O)CN(CC(C)C)S(=O)(=O)c1ccc2c(c1)OCO2. The highest BCUT2D eigenvalue weighted by Gasteiger charge is 2.33. The maximum absolute atomic E-state index is 13.7. The van der Waals surface area contributed by atoms with Crippen LogP contribution in [0, 0.1) is 11.8 Å². The zero-order valence-corrected chi connectivity index (χ0v) is 22.8. The summed E-state index contributed by atoms with van der Waals surface area (Å²) in [7, 11) is -3.98. The quantitative estimate of drug-likeness (QED) is 0.361. The van der Waals surface area contributed by atoms with Crippen molar-refractivity contribution in [3.8, 4) is 11.5 Å². The lowest BCUT2D eigenvalue weighted by Gasteiger charge is -2.31. The molecule has 10 heteroatoms. The van der Waals surface area contributed by atoms with E-state index < -0.39 is 28.2 Å². The van der Waals surface area contributed by atoms with Crippen LogP contribution in [0.5, 0.6) is 11.5 Å². The Morgan fingerprint density at radius 3 is 2.41 bits per heavy atom. The fourth-order valence-electron chi connectivity index (χ4n) is 4.14. The molecule has 3 rings (SSSR count). The van der Waals surface area contributed by atoms with E-state index in [1.54, 1.807) is 6.07 Å². The number of nitrogens with two attached hydrogens (primary N) is 1. The van der Waals surface area contributed by atoms with Crippen molar-refractivity contribution >= 4 is 15.9 Å². The maximum Gasteiger partial charge on any atom is 0.243 e. The maximum atomic E-state index is 13.7. The van der Waals surface area contributed by atoms with Gasteiger partial charge in [-0.15, -0.1) is 0 Å². The first-order chi connectivity index (χ1) is 17.5. The zero-order valence-electron chi connectivity index (χ0n) is 22.0. The number of aliphatic hydroxyl groups is 1. The molecule has 1 aliphatic rings. The van der Waals surface area contributed by atoms with Gasteiger partial charge in [0.2, 0.25) is 22.7 Å². The summed E-state index contributed by atoms with van der Waals surface area (Å²) in [5, 5.41) is 14.2.